The number of nitrogens with zero attached hydrogens (tertiary/aromatic N) is 2. The quantitative estimate of drug-likeness (QED) is 0.685. The van der Waals surface area contributed by atoms with E-state index >= 15 is 0 Å². The van der Waals surface area contributed by atoms with Crippen molar-refractivity contribution in [2.24, 2.45) is 0 Å². The molecule has 0 spiro atoms. The molecule has 0 atom stereocenters. The second-order valence-corrected chi connectivity index (χ2v) is 5.65. The fourth-order valence-corrected chi connectivity index (χ4v) is 2.63. The lowest BCUT2D eigenvalue weighted by Crippen LogP contribution is -1.85. The van der Waals surface area contributed by atoms with E-state index in [2.05, 4.69) is 16.0 Å². The van der Waals surface area contributed by atoms with E-state index in [1.54, 1.807) is 31.4 Å². The molecule has 1 N–H and O–H groups in total. The molecule has 0 unspecified atom stereocenters. The number of aromatic amines is 1. The van der Waals surface area contributed by atoms with Crippen LogP contribution in [0.3, 0.4) is 0 Å². The molecule has 1 heterocycles. The first kappa shape index (κ1) is 15.4. The summed E-state index contributed by atoms with van der Waals surface area (Å²) in [5, 5.41) is 10.5. The third-order valence-electron chi connectivity index (χ3n) is 3.33. The van der Waals surface area contributed by atoms with Gasteiger partial charge < -0.3 is 9.72 Å². The van der Waals surface area contributed by atoms with Gasteiger partial charge in [0, 0.05) is 16.1 Å². The van der Waals surface area contributed by atoms with E-state index in [0.717, 1.165) is 16.8 Å². The second kappa shape index (κ2) is 6.33. The average Bonchev–Trinajstić information content (AvgIpc) is 2.96. The Hall–Kier alpha value is -2.48. The van der Waals surface area contributed by atoms with Gasteiger partial charge in [-0.1, -0.05) is 29.3 Å². The van der Waals surface area contributed by atoms with Gasteiger partial charge in [-0.05, 0) is 35.9 Å². The summed E-state index contributed by atoms with van der Waals surface area (Å²) in [7, 11) is 1.60. The molecule has 1 aromatic heterocycles. The summed E-state index contributed by atoms with van der Waals surface area (Å²) in [6, 6.07) is 12.7. The molecule has 0 bridgehead atoms. The van der Waals surface area contributed by atoms with Crippen LogP contribution in [0.4, 0.5) is 0 Å². The van der Waals surface area contributed by atoms with Gasteiger partial charge in [-0.2, -0.15) is 5.26 Å². The molecular weight excluding hydrogens is 333 g/mol. The molecule has 0 aliphatic carbocycles. The van der Waals surface area contributed by atoms with Crippen molar-refractivity contribution in [3.05, 3.63) is 57.8 Å². The molecule has 6 heteroatoms. The third kappa shape index (κ3) is 3.16. The van der Waals surface area contributed by atoms with Crippen molar-refractivity contribution in [3.8, 4) is 11.8 Å². The fraction of sp³-hybridized carbons (Fsp3) is 0.0588. The van der Waals surface area contributed by atoms with Gasteiger partial charge in [0.15, 0.2) is 0 Å². The van der Waals surface area contributed by atoms with Crippen LogP contribution in [0, 0.1) is 11.3 Å². The molecule has 3 aromatic rings. The minimum absolute atomic E-state index is 0.379. The molecule has 114 valence electrons. The number of fused-ring (bicyclic) bond motifs is 1. The normalized spacial score (nSPS) is 11.5. The molecule has 4 nitrogen and oxygen atoms in total. The Morgan fingerprint density at radius 1 is 1.26 bits per heavy atom. The van der Waals surface area contributed by atoms with Crippen molar-refractivity contribution in [1.82, 2.24) is 9.97 Å². The number of methoxy groups -OCH3 is 1. The van der Waals surface area contributed by atoms with Crippen LogP contribution < -0.4 is 4.74 Å². The second-order valence-electron chi connectivity index (χ2n) is 4.80. The Bertz CT molecular complexity index is 954. The Kier molecular flexibility index (Phi) is 4.24. The van der Waals surface area contributed by atoms with Crippen LogP contribution in [0.2, 0.25) is 10.0 Å². The number of H-pyrrole nitrogens is 1. The summed E-state index contributed by atoms with van der Waals surface area (Å²) in [5.74, 6) is 1.19. The largest absolute Gasteiger partial charge is 0.497 e. The topological polar surface area (TPSA) is 61.7 Å². The first-order chi connectivity index (χ1) is 11.1. The van der Waals surface area contributed by atoms with E-state index in [0.29, 0.717) is 27.0 Å². The molecule has 3 rings (SSSR count). The molecule has 0 saturated heterocycles. The van der Waals surface area contributed by atoms with Crippen LogP contribution in [-0.2, 0) is 0 Å². The predicted octanol–water partition coefficient (Wildman–Crippen LogP) is 4.94. The van der Waals surface area contributed by atoms with Crippen LogP contribution in [0.15, 0.2) is 36.4 Å². The summed E-state index contributed by atoms with van der Waals surface area (Å²) in [5.41, 5.74) is 2.63. The molecule has 0 aliphatic heterocycles. The monoisotopic (exact) mass is 343 g/mol. The Morgan fingerprint density at radius 2 is 2.09 bits per heavy atom. The summed E-state index contributed by atoms with van der Waals surface area (Å²) >= 11 is 12.0. The minimum atomic E-state index is 0.379. The number of allylic oxidation sites excluding steroid dienone is 1. The molecule has 0 aliphatic rings. The third-order valence-corrected chi connectivity index (χ3v) is 3.89. The van der Waals surface area contributed by atoms with Gasteiger partial charge in [0.05, 0.1) is 23.7 Å². The lowest BCUT2D eigenvalue weighted by Gasteiger charge is -2.00. The maximum Gasteiger partial charge on any atom is 0.149 e. The molecule has 0 radical (unpaired) electrons. The highest BCUT2D eigenvalue weighted by molar-refractivity contribution is 6.35. The van der Waals surface area contributed by atoms with Crippen molar-refractivity contribution >= 4 is 45.9 Å². The summed E-state index contributed by atoms with van der Waals surface area (Å²) < 4.78 is 5.18. The standard InChI is InChI=1S/C17H11Cl2N3O/c1-23-13-4-5-15-16(8-13)22-17(21-15)11(9-20)6-10-2-3-12(18)7-14(10)19/h2-8H,1H3,(H,21,22). The highest BCUT2D eigenvalue weighted by Crippen LogP contribution is 2.26. The fourth-order valence-electron chi connectivity index (χ4n) is 2.17. The molecule has 0 fully saturated rings. The molecule has 2 aromatic carbocycles. The van der Waals surface area contributed by atoms with E-state index in [4.69, 9.17) is 27.9 Å². The van der Waals surface area contributed by atoms with Crippen LogP contribution in [-0.4, -0.2) is 17.1 Å². The lowest BCUT2D eigenvalue weighted by atomic mass is 10.1. The number of nitriles is 1. The zero-order valence-electron chi connectivity index (χ0n) is 12.1. The molecular formula is C17H11Cl2N3O. The van der Waals surface area contributed by atoms with Gasteiger partial charge in [-0.25, -0.2) is 4.98 Å². The van der Waals surface area contributed by atoms with Crippen LogP contribution in [0.5, 0.6) is 5.75 Å². The van der Waals surface area contributed by atoms with E-state index in [9.17, 15) is 5.26 Å². The maximum atomic E-state index is 9.44. The number of rotatable bonds is 3. The SMILES string of the molecule is COc1ccc2nc(C(C#N)=Cc3ccc(Cl)cc3Cl)[nH]c2c1. The highest BCUT2D eigenvalue weighted by atomic mass is 35.5. The molecule has 0 amide bonds. The summed E-state index contributed by atoms with van der Waals surface area (Å²) in [6.45, 7) is 0. The van der Waals surface area contributed by atoms with Crippen LogP contribution >= 0.6 is 23.2 Å². The zero-order valence-corrected chi connectivity index (χ0v) is 13.6. The van der Waals surface area contributed by atoms with E-state index < -0.39 is 0 Å². The van der Waals surface area contributed by atoms with Crippen molar-refractivity contribution < 1.29 is 4.74 Å². The highest BCUT2D eigenvalue weighted by Gasteiger charge is 2.10. The van der Waals surface area contributed by atoms with Gasteiger partial charge in [0.2, 0.25) is 0 Å². The number of halogens is 2. The molecule has 23 heavy (non-hydrogen) atoms. The van der Waals surface area contributed by atoms with Crippen molar-refractivity contribution in [3.63, 3.8) is 0 Å². The van der Waals surface area contributed by atoms with Gasteiger partial charge in [-0.15, -0.1) is 0 Å². The Labute approximate surface area is 142 Å². The number of aromatic nitrogens is 2. The van der Waals surface area contributed by atoms with Gasteiger partial charge >= 0.3 is 0 Å². The Morgan fingerprint density at radius 3 is 2.78 bits per heavy atom. The van der Waals surface area contributed by atoms with E-state index in [1.165, 1.54) is 0 Å². The van der Waals surface area contributed by atoms with Crippen LogP contribution in [0.25, 0.3) is 22.7 Å². The first-order valence-electron chi connectivity index (χ1n) is 6.71. The number of nitrogens with one attached hydrogen (secondary N) is 1. The van der Waals surface area contributed by atoms with Gasteiger partial charge in [-0.3, -0.25) is 0 Å². The number of ether oxygens (including phenoxy) is 1. The zero-order chi connectivity index (χ0) is 16.4. The summed E-state index contributed by atoms with van der Waals surface area (Å²) in [4.78, 5) is 7.55. The first-order valence-corrected chi connectivity index (χ1v) is 7.47. The maximum absolute atomic E-state index is 9.44. The smallest absolute Gasteiger partial charge is 0.149 e. The van der Waals surface area contributed by atoms with E-state index in [-0.39, 0.29) is 0 Å². The Balaban J connectivity index is 2.07. The number of imidazole rings is 1. The minimum Gasteiger partial charge on any atom is -0.497 e. The number of benzene rings is 2. The van der Waals surface area contributed by atoms with Gasteiger partial charge in [0.25, 0.3) is 0 Å². The lowest BCUT2D eigenvalue weighted by molar-refractivity contribution is 0.415. The predicted molar refractivity (Wildman–Crippen MR) is 92.6 cm³/mol. The van der Waals surface area contributed by atoms with E-state index in [1.807, 2.05) is 18.2 Å². The summed E-state index contributed by atoms with van der Waals surface area (Å²) in [6.07, 6.45) is 1.67. The van der Waals surface area contributed by atoms with Crippen molar-refractivity contribution in [2.45, 2.75) is 0 Å². The van der Waals surface area contributed by atoms with Crippen molar-refractivity contribution in [2.75, 3.05) is 7.11 Å². The molecule has 0 saturated carbocycles. The number of hydrogen-bond donors (Lipinski definition) is 1. The van der Waals surface area contributed by atoms with Crippen molar-refractivity contribution in [1.29, 1.82) is 5.26 Å². The van der Waals surface area contributed by atoms with Gasteiger partial charge in [0.1, 0.15) is 17.6 Å². The van der Waals surface area contributed by atoms with Crippen LogP contribution in [0.1, 0.15) is 11.4 Å². The number of hydrogen-bond acceptors (Lipinski definition) is 3. The average molecular weight is 344 g/mol.